The number of nitrogens with zero attached hydrogens (tertiary/aromatic N) is 4. The van der Waals surface area contributed by atoms with Crippen LogP contribution in [0.3, 0.4) is 0 Å². The number of hydrogen-bond donors (Lipinski definition) is 2. The van der Waals surface area contributed by atoms with Crippen LogP contribution in [0, 0.1) is 0 Å². The molecule has 1 atom stereocenters. The van der Waals surface area contributed by atoms with Gasteiger partial charge in [0.25, 0.3) is 0 Å². The zero-order chi connectivity index (χ0) is 34.0. The fourth-order valence-electron chi connectivity index (χ4n) is 5.29. The summed E-state index contributed by atoms with van der Waals surface area (Å²) in [5, 5.41) is 15.9. The van der Waals surface area contributed by atoms with E-state index in [9.17, 15) is 0 Å². The van der Waals surface area contributed by atoms with E-state index in [-0.39, 0.29) is 13.0 Å². The van der Waals surface area contributed by atoms with E-state index < -0.39 is 0 Å². The highest BCUT2D eigenvalue weighted by atomic mass is 35.5. The number of aromatic nitrogens is 4. The van der Waals surface area contributed by atoms with Crippen LogP contribution in [0.25, 0.3) is 17.0 Å². The van der Waals surface area contributed by atoms with Gasteiger partial charge in [-0.1, -0.05) is 101 Å². The number of H-pyrrole nitrogens is 1. The lowest BCUT2D eigenvalue weighted by molar-refractivity contribution is 0.112. The number of rotatable bonds is 24. The predicted octanol–water partition coefficient (Wildman–Crippen LogP) is 10.2. The molecule has 4 aromatic rings. The maximum absolute atomic E-state index is 6.61. The van der Waals surface area contributed by atoms with Crippen molar-refractivity contribution in [1.29, 1.82) is 0 Å². The molecule has 0 aliphatic rings. The summed E-state index contributed by atoms with van der Waals surface area (Å²) in [4.78, 5) is 4.38. The van der Waals surface area contributed by atoms with Gasteiger partial charge >= 0.3 is 0 Å². The third kappa shape index (κ3) is 11.6. The lowest BCUT2D eigenvalue weighted by Gasteiger charge is -2.17. The molecule has 1 unspecified atom stereocenters. The summed E-state index contributed by atoms with van der Waals surface area (Å²) in [6.45, 7) is 5.25. The molecule has 2 aromatic carbocycles. The molecule has 0 aliphatic heterocycles. The Hall–Kier alpha value is -3.47. The van der Waals surface area contributed by atoms with E-state index in [4.69, 9.17) is 42.1 Å². The van der Waals surface area contributed by atoms with E-state index in [0.717, 1.165) is 43.6 Å². The molecular weight excluding hydrogens is 651 g/mol. The highest BCUT2D eigenvalue weighted by molar-refractivity contribution is 6.34. The van der Waals surface area contributed by atoms with Crippen molar-refractivity contribution in [2.75, 3.05) is 20.4 Å². The van der Waals surface area contributed by atoms with Crippen molar-refractivity contribution in [3.63, 3.8) is 0 Å². The van der Waals surface area contributed by atoms with E-state index in [2.05, 4.69) is 39.5 Å². The SMILES string of the molecule is CCCCCCCCCCCCOc1ccc(-c2nnc3c(Cl)c(OCNC(CCCC)OC=Nc4cc(Cl)ccc4OC)[nH]n23)cc1. The first-order valence-corrected chi connectivity index (χ1v) is 18.0. The van der Waals surface area contributed by atoms with Crippen molar-refractivity contribution >= 4 is 40.9 Å². The summed E-state index contributed by atoms with van der Waals surface area (Å²) < 4.78 is 24.9. The van der Waals surface area contributed by atoms with Gasteiger partial charge in [0.05, 0.1) is 13.7 Å². The number of hydrogen-bond acceptors (Lipinski definition) is 8. The molecule has 10 nitrogen and oxygen atoms in total. The van der Waals surface area contributed by atoms with Gasteiger partial charge in [-0.15, -0.1) is 10.2 Å². The largest absolute Gasteiger partial charge is 0.494 e. The van der Waals surface area contributed by atoms with Crippen molar-refractivity contribution in [2.45, 2.75) is 104 Å². The molecule has 0 saturated heterocycles. The smallest absolute Gasteiger partial charge is 0.230 e. The Labute approximate surface area is 294 Å². The van der Waals surface area contributed by atoms with Crippen LogP contribution in [0.4, 0.5) is 5.69 Å². The van der Waals surface area contributed by atoms with E-state index in [1.807, 2.05) is 24.3 Å². The Morgan fingerprint density at radius 2 is 1.58 bits per heavy atom. The number of benzene rings is 2. The van der Waals surface area contributed by atoms with Gasteiger partial charge in [-0.05, 0) is 61.7 Å². The summed E-state index contributed by atoms with van der Waals surface area (Å²) in [6, 6.07) is 13.1. The Morgan fingerprint density at radius 1 is 0.875 bits per heavy atom. The maximum Gasteiger partial charge on any atom is 0.230 e. The summed E-state index contributed by atoms with van der Waals surface area (Å²) in [5.74, 6) is 2.43. The van der Waals surface area contributed by atoms with Crippen molar-refractivity contribution in [3.05, 3.63) is 52.5 Å². The molecule has 48 heavy (non-hydrogen) atoms. The van der Waals surface area contributed by atoms with Crippen LogP contribution in [-0.4, -0.2) is 52.9 Å². The highest BCUT2D eigenvalue weighted by Crippen LogP contribution is 2.31. The molecule has 2 heterocycles. The first-order valence-electron chi connectivity index (χ1n) is 17.3. The molecule has 0 amide bonds. The van der Waals surface area contributed by atoms with Crippen LogP contribution >= 0.6 is 23.2 Å². The second kappa shape index (κ2) is 20.8. The topological polar surface area (TPSA) is 107 Å². The van der Waals surface area contributed by atoms with Crippen LogP contribution in [0.1, 0.15) is 97.3 Å². The van der Waals surface area contributed by atoms with Gasteiger partial charge in [0.1, 0.15) is 28.9 Å². The number of aromatic amines is 1. The van der Waals surface area contributed by atoms with Gasteiger partial charge in [-0.25, -0.2) is 14.8 Å². The third-order valence-electron chi connectivity index (χ3n) is 8.06. The van der Waals surface area contributed by atoms with Crippen LogP contribution in [-0.2, 0) is 4.74 Å². The van der Waals surface area contributed by atoms with Crippen LogP contribution in [0.5, 0.6) is 17.4 Å². The van der Waals surface area contributed by atoms with Crippen LogP contribution in [0.15, 0.2) is 47.5 Å². The Kier molecular flexibility index (Phi) is 16.2. The van der Waals surface area contributed by atoms with Crippen molar-refractivity contribution in [1.82, 2.24) is 25.1 Å². The first kappa shape index (κ1) is 37.4. The van der Waals surface area contributed by atoms with Gasteiger partial charge in [-0.3, -0.25) is 5.10 Å². The van der Waals surface area contributed by atoms with Crippen LogP contribution < -0.4 is 19.5 Å². The van der Waals surface area contributed by atoms with Gasteiger partial charge in [0.15, 0.2) is 24.1 Å². The number of fused-ring (bicyclic) bond motifs is 1. The normalized spacial score (nSPS) is 12.2. The molecule has 0 bridgehead atoms. The highest BCUT2D eigenvalue weighted by Gasteiger charge is 2.19. The second-order valence-electron chi connectivity index (χ2n) is 11.8. The fraction of sp³-hybridized carbons (Fsp3) is 0.528. The average molecular weight is 702 g/mol. The van der Waals surface area contributed by atoms with E-state index in [1.165, 1.54) is 64.2 Å². The minimum Gasteiger partial charge on any atom is -0.494 e. The average Bonchev–Trinajstić information content (AvgIpc) is 3.65. The number of ether oxygens (including phenoxy) is 4. The molecule has 0 spiro atoms. The Bertz CT molecular complexity index is 1520. The number of unbranched alkanes of at least 4 members (excludes halogenated alkanes) is 10. The second-order valence-corrected chi connectivity index (χ2v) is 12.6. The minimum absolute atomic E-state index is 0.139. The standard InChI is InChI=1S/C36H50Cl2N6O4/c1-4-6-8-9-10-11-12-13-14-15-23-46-29-20-17-27(18-21-29)34-41-42-35-33(38)36(43-44(34)35)48-26-40-32(16-7-5-2)47-25-39-30-24-28(37)19-22-31(30)45-3/h17-22,24-25,32,40,43H,4-16,23,26H2,1-3H3. The zero-order valence-corrected chi connectivity index (χ0v) is 30.0. The van der Waals surface area contributed by atoms with Crippen molar-refractivity contribution in [2.24, 2.45) is 4.99 Å². The van der Waals surface area contributed by atoms with E-state index >= 15 is 0 Å². The predicted molar refractivity (Wildman–Crippen MR) is 194 cm³/mol. The Balaban J connectivity index is 1.24. The summed E-state index contributed by atoms with van der Waals surface area (Å²) in [7, 11) is 1.58. The van der Waals surface area contributed by atoms with Gasteiger partial charge in [-0.2, -0.15) is 0 Å². The minimum atomic E-state index is -0.334. The van der Waals surface area contributed by atoms with Gasteiger partial charge in [0.2, 0.25) is 5.88 Å². The van der Waals surface area contributed by atoms with Crippen molar-refractivity contribution < 1.29 is 18.9 Å². The molecule has 0 aliphatic carbocycles. The lowest BCUT2D eigenvalue weighted by Crippen LogP contribution is -2.34. The monoisotopic (exact) mass is 700 g/mol. The van der Waals surface area contributed by atoms with E-state index in [1.54, 1.807) is 29.8 Å². The summed E-state index contributed by atoms with van der Waals surface area (Å²) in [6.07, 6.45) is 16.8. The number of methoxy groups -OCH3 is 1. The van der Waals surface area contributed by atoms with E-state index in [0.29, 0.717) is 38.8 Å². The summed E-state index contributed by atoms with van der Waals surface area (Å²) >= 11 is 12.7. The van der Waals surface area contributed by atoms with Crippen LogP contribution in [0.2, 0.25) is 10.0 Å². The number of halogens is 2. The third-order valence-corrected chi connectivity index (χ3v) is 8.63. The lowest BCUT2D eigenvalue weighted by atomic mass is 10.1. The quantitative estimate of drug-likeness (QED) is 0.0324. The molecule has 0 saturated carbocycles. The molecule has 12 heteroatoms. The molecule has 262 valence electrons. The molecule has 2 N–H and O–H groups in total. The van der Waals surface area contributed by atoms with Gasteiger partial charge < -0.3 is 18.9 Å². The molecular formula is C36H50Cl2N6O4. The molecule has 2 aromatic heterocycles. The first-order chi connectivity index (χ1) is 23.5. The fourth-order valence-corrected chi connectivity index (χ4v) is 5.67. The van der Waals surface area contributed by atoms with Gasteiger partial charge in [0, 0.05) is 10.6 Å². The number of aliphatic imine (C=N–C) groups is 1. The summed E-state index contributed by atoms with van der Waals surface area (Å²) in [5.41, 5.74) is 1.93. The molecule has 4 rings (SSSR count). The van der Waals surface area contributed by atoms with Crippen molar-refractivity contribution in [3.8, 4) is 28.8 Å². The number of nitrogens with one attached hydrogen (secondary N) is 2. The maximum atomic E-state index is 6.61. The zero-order valence-electron chi connectivity index (χ0n) is 28.5. The molecule has 0 radical (unpaired) electrons. The molecule has 0 fully saturated rings. The Morgan fingerprint density at radius 3 is 2.29 bits per heavy atom.